The van der Waals surface area contributed by atoms with Gasteiger partial charge in [0.25, 0.3) is 5.69 Å². The smallest absolute Gasteiger partial charge is 0.269 e. The number of rotatable bonds is 14. The molecule has 0 saturated carbocycles. The second-order valence-electron chi connectivity index (χ2n) is 6.86. The van der Waals surface area contributed by atoms with E-state index in [1.165, 1.54) is 12.1 Å². The first kappa shape index (κ1) is 24.2. The topological polar surface area (TPSA) is 112 Å². The van der Waals surface area contributed by atoms with Crippen molar-refractivity contribution in [1.29, 1.82) is 0 Å². The van der Waals surface area contributed by atoms with Gasteiger partial charge in [-0.25, -0.2) is 0 Å². The van der Waals surface area contributed by atoms with E-state index in [-0.39, 0.29) is 17.7 Å². The van der Waals surface area contributed by atoms with Crippen LogP contribution >= 0.6 is 0 Å². The largest absolute Gasteiger partial charge is 0.382 e. The predicted octanol–water partition coefficient (Wildman–Crippen LogP) is 1.15. The molecular weight excluding hydrogens is 394 g/mol. The van der Waals surface area contributed by atoms with E-state index in [1.807, 2.05) is 0 Å². The number of nitro benzene ring substituents is 1. The number of likely N-dealkylation sites (N-methyl/N-ethyl adjacent to an activating group) is 1. The SMILES string of the molecule is CN[C@H](C(=O)N1CC[C@H](OCCOCCOCCOC)C1)c1cccc([N+](=O)[O-])c1. The van der Waals surface area contributed by atoms with Gasteiger partial charge in [-0.15, -0.1) is 0 Å². The number of nitrogens with one attached hydrogen (secondary N) is 1. The minimum Gasteiger partial charge on any atom is -0.382 e. The van der Waals surface area contributed by atoms with E-state index in [0.29, 0.717) is 58.3 Å². The number of hydrogen-bond acceptors (Lipinski definition) is 8. The fourth-order valence-electron chi connectivity index (χ4n) is 3.24. The van der Waals surface area contributed by atoms with Crippen molar-refractivity contribution >= 4 is 11.6 Å². The van der Waals surface area contributed by atoms with Crippen molar-refractivity contribution in [2.45, 2.75) is 18.6 Å². The van der Waals surface area contributed by atoms with Crippen LogP contribution in [0.4, 0.5) is 5.69 Å². The Morgan fingerprint density at radius 1 is 1.23 bits per heavy atom. The molecule has 30 heavy (non-hydrogen) atoms. The van der Waals surface area contributed by atoms with Gasteiger partial charge in [0.05, 0.1) is 50.7 Å². The summed E-state index contributed by atoms with van der Waals surface area (Å²) in [5.74, 6) is -0.117. The minimum absolute atomic E-state index is 0.0349. The Morgan fingerprint density at radius 2 is 1.93 bits per heavy atom. The highest BCUT2D eigenvalue weighted by Crippen LogP contribution is 2.23. The molecule has 1 amide bonds. The third-order valence-corrected chi connectivity index (χ3v) is 4.79. The fraction of sp³-hybridized carbons (Fsp3) is 0.650. The Bertz CT molecular complexity index is 674. The fourth-order valence-corrected chi connectivity index (χ4v) is 3.24. The highest BCUT2D eigenvalue weighted by molar-refractivity contribution is 5.83. The molecule has 1 fully saturated rings. The lowest BCUT2D eigenvalue weighted by Crippen LogP contribution is -2.39. The van der Waals surface area contributed by atoms with Crippen LogP contribution in [0.5, 0.6) is 0 Å². The van der Waals surface area contributed by atoms with Crippen LogP contribution in [0.25, 0.3) is 0 Å². The van der Waals surface area contributed by atoms with Gasteiger partial charge in [-0.1, -0.05) is 12.1 Å². The van der Waals surface area contributed by atoms with Crippen molar-refractivity contribution in [2.24, 2.45) is 0 Å². The number of methoxy groups -OCH3 is 1. The molecule has 2 atom stereocenters. The molecular formula is C20H31N3O7. The summed E-state index contributed by atoms with van der Waals surface area (Å²) in [5, 5.41) is 14.0. The quantitative estimate of drug-likeness (QED) is 0.268. The van der Waals surface area contributed by atoms with Crippen LogP contribution in [-0.4, -0.2) is 88.7 Å². The first-order valence-electron chi connectivity index (χ1n) is 10.0. The summed E-state index contributed by atoms with van der Waals surface area (Å²) >= 11 is 0. The van der Waals surface area contributed by atoms with E-state index < -0.39 is 11.0 Å². The summed E-state index contributed by atoms with van der Waals surface area (Å²) in [7, 11) is 3.29. The summed E-state index contributed by atoms with van der Waals surface area (Å²) < 4.78 is 21.5. The van der Waals surface area contributed by atoms with Gasteiger partial charge < -0.3 is 29.2 Å². The van der Waals surface area contributed by atoms with E-state index in [4.69, 9.17) is 18.9 Å². The van der Waals surface area contributed by atoms with Crippen LogP contribution < -0.4 is 5.32 Å². The van der Waals surface area contributed by atoms with Crippen LogP contribution in [0, 0.1) is 10.1 Å². The number of non-ortho nitro benzene ring substituents is 1. The maximum atomic E-state index is 12.9. The highest BCUT2D eigenvalue weighted by atomic mass is 16.6. The molecule has 1 heterocycles. The Morgan fingerprint density at radius 3 is 2.60 bits per heavy atom. The number of nitro groups is 1. The van der Waals surface area contributed by atoms with Gasteiger partial charge in [0.2, 0.25) is 5.91 Å². The van der Waals surface area contributed by atoms with Crippen molar-refractivity contribution in [3.63, 3.8) is 0 Å². The molecule has 0 radical (unpaired) electrons. The van der Waals surface area contributed by atoms with E-state index in [0.717, 1.165) is 6.42 Å². The first-order valence-corrected chi connectivity index (χ1v) is 10.0. The minimum atomic E-state index is -0.634. The summed E-state index contributed by atoms with van der Waals surface area (Å²) in [4.78, 5) is 25.2. The van der Waals surface area contributed by atoms with Gasteiger partial charge >= 0.3 is 0 Å². The Hall–Kier alpha value is -2.11. The van der Waals surface area contributed by atoms with Crippen molar-refractivity contribution in [3.8, 4) is 0 Å². The molecule has 168 valence electrons. The third-order valence-electron chi connectivity index (χ3n) is 4.79. The van der Waals surface area contributed by atoms with E-state index >= 15 is 0 Å². The first-order chi connectivity index (χ1) is 14.6. The van der Waals surface area contributed by atoms with Gasteiger partial charge in [-0.2, -0.15) is 0 Å². The molecule has 1 aliphatic heterocycles. The van der Waals surface area contributed by atoms with Gasteiger partial charge in [0.15, 0.2) is 0 Å². The standard InChI is InChI=1S/C20H31N3O7/c1-21-19(16-4-3-5-17(14-16)23(25)26)20(24)22-7-6-18(15-22)30-13-12-29-11-10-28-9-8-27-2/h3-5,14,18-19,21H,6-13,15H2,1-2H3/t18-,19-/m0/s1. The maximum Gasteiger partial charge on any atom is 0.269 e. The number of carbonyl (C=O) groups is 1. The van der Waals surface area contributed by atoms with Crippen LogP contribution in [0.15, 0.2) is 24.3 Å². The second-order valence-corrected chi connectivity index (χ2v) is 6.86. The molecule has 0 unspecified atom stereocenters. The molecule has 1 saturated heterocycles. The van der Waals surface area contributed by atoms with Crippen molar-refractivity contribution in [1.82, 2.24) is 10.2 Å². The Kier molecular flexibility index (Phi) is 10.7. The molecule has 1 N–H and O–H groups in total. The van der Waals surface area contributed by atoms with E-state index in [2.05, 4.69) is 5.32 Å². The van der Waals surface area contributed by atoms with Crippen LogP contribution in [-0.2, 0) is 23.7 Å². The highest BCUT2D eigenvalue weighted by Gasteiger charge is 2.31. The molecule has 0 aromatic heterocycles. The van der Waals surface area contributed by atoms with Crippen LogP contribution in [0.3, 0.4) is 0 Å². The molecule has 10 nitrogen and oxygen atoms in total. The van der Waals surface area contributed by atoms with Crippen LogP contribution in [0.1, 0.15) is 18.0 Å². The van der Waals surface area contributed by atoms with Crippen LogP contribution in [0.2, 0.25) is 0 Å². The average molecular weight is 425 g/mol. The van der Waals surface area contributed by atoms with Gasteiger partial charge in [0.1, 0.15) is 6.04 Å². The molecule has 0 spiro atoms. The summed E-state index contributed by atoms with van der Waals surface area (Å²) in [6, 6.07) is 5.51. The Balaban J connectivity index is 1.71. The molecule has 1 aliphatic rings. The van der Waals surface area contributed by atoms with Gasteiger partial charge in [0, 0.05) is 32.3 Å². The molecule has 1 aromatic rings. The number of hydrogen-bond donors (Lipinski definition) is 1. The average Bonchev–Trinajstić information content (AvgIpc) is 3.22. The Labute approximate surface area is 176 Å². The zero-order chi connectivity index (χ0) is 21.8. The predicted molar refractivity (Wildman–Crippen MR) is 109 cm³/mol. The molecule has 10 heteroatoms. The second kappa shape index (κ2) is 13.2. The van der Waals surface area contributed by atoms with Crippen molar-refractivity contribution < 1.29 is 28.7 Å². The number of carbonyl (C=O) groups excluding carboxylic acids is 1. The molecule has 1 aromatic carbocycles. The number of benzene rings is 1. The number of amides is 1. The zero-order valence-electron chi connectivity index (χ0n) is 17.6. The van der Waals surface area contributed by atoms with Crippen molar-refractivity contribution in [3.05, 3.63) is 39.9 Å². The van der Waals surface area contributed by atoms with Gasteiger partial charge in [-0.05, 0) is 19.0 Å². The summed E-state index contributed by atoms with van der Waals surface area (Å²) in [5.41, 5.74) is 0.537. The molecule has 2 rings (SSSR count). The normalized spacial score (nSPS) is 17.3. The zero-order valence-corrected chi connectivity index (χ0v) is 17.6. The lowest BCUT2D eigenvalue weighted by Gasteiger charge is -2.23. The summed E-state index contributed by atoms with van der Waals surface area (Å²) in [6.45, 7) is 4.11. The lowest BCUT2D eigenvalue weighted by molar-refractivity contribution is -0.384. The summed E-state index contributed by atoms with van der Waals surface area (Å²) in [6.07, 6.45) is 0.704. The number of nitrogens with zero attached hydrogens (tertiary/aromatic N) is 2. The monoisotopic (exact) mass is 425 g/mol. The van der Waals surface area contributed by atoms with Crippen molar-refractivity contribution in [2.75, 3.05) is 66.9 Å². The van der Waals surface area contributed by atoms with E-state index in [1.54, 1.807) is 31.2 Å². The van der Waals surface area contributed by atoms with E-state index in [9.17, 15) is 14.9 Å². The van der Waals surface area contributed by atoms with Gasteiger partial charge in [-0.3, -0.25) is 14.9 Å². The number of ether oxygens (including phenoxy) is 4. The maximum absolute atomic E-state index is 12.9. The molecule has 0 bridgehead atoms. The third kappa shape index (κ3) is 7.62. The molecule has 0 aliphatic carbocycles. The number of likely N-dealkylation sites (tertiary alicyclic amines) is 1. The lowest BCUT2D eigenvalue weighted by atomic mass is 10.1.